The SMILES string of the molecule is O=C(NCCC1=CCCCC1)c1cccc(NCC(O)CCl)c1. The van der Waals surface area contributed by atoms with E-state index in [2.05, 4.69) is 16.7 Å². The van der Waals surface area contributed by atoms with Crippen LogP contribution in [0.25, 0.3) is 0 Å². The number of aliphatic hydroxyl groups excluding tert-OH is 1. The minimum absolute atomic E-state index is 0.0667. The highest BCUT2D eigenvalue weighted by atomic mass is 35.5. The van der Waals surface area contributed by atoms with Crippen LogP contribution in [0.2, 0.25) is 0 Å². The lowest BCUT2D eigenvalue weighted by molar-refractivity contribution is 0.0954. The molecule has 1 aliphatic carbocycles. The van der Waals surface area contributed by atoms with Crippen LogP contribution in [-0.2, 0) is 0 Å². The van der Waals surface area contributed by atoms with E-state index in [1.165, 1.54) is 24.8 Å². The zero-order chi connectivity index (χ0) is 16.5. The molecule has 1 aliphatic rings. The van der Waals surface area contributed by atoms with Gasteiger partial charge in [-0.25, -0.2) is 0 Å². The third-order valence-electron chi connectivity index (χ3n) is 3.96. The molecule has 1 aromatic rings. The van der Waals surface area contributed by atoms with E-state index < -0.39 is 6.10 Å². The minimum atomic E-state index is -0.599. The number of nitrogens with one attached hydrogen (secondary N) is 2. The summed E-state index contributed by atoms with van der Waals surface area (Å²) >= 11 is 5.56. The van der Waals surface area contributed by atoms with Gasteiger partial charge in [-0.15, -0.1) is 11.6 Å². The molecule has 2 rings (SSSR count). The van der Waals surface area contributed by atoms with Gasteiger partial charge < -0.3 is 15.7 Å². The number of hydrogen-bond acceptors (Lipinski definition) is 3. The van der Waals surface area contributed by atoms with Crippen molar-refractivity contribution in [2.24, 2.45) is 0 Å². The molecule has 0 spiro atoms. The smallest absolute Gasteiger partial charge is 0.251 e. The van der Waals surface area contributed by atoms with E-state index in [4.69, 9.17) is 11.6 Å². The predicted octanol–water partition coefficient (Wildman–Crippen LogP) is 3.32. The van der Waals surface area contributed by atoms with Crippen LogP contribution in [-0.4, -0.2) is 36.1 Å². The fourth-order valence-corrected chi connectivity index (χ4v) is 2.74. The van der Waals surface area contributed by atoms with E-state index in [1.54, 1.807) is 12.1 Å². The van der Waals surface area contributed by atoms with Crippen LogP contribution >= 0.6 is 11.6 Å². The topological polar surface area (TPSA) is 61.4 Å². The number of carbonyl (C=O) groups is 1. The highest BCUT2D eigenvalue weighted by molar-refractivity contribution is 6.18. The minimum Gasteiger partial charge on any atom is -0.390 e. The second-order valence-corrected chi connectivity index (χ2v) is 6.19. The first-order valence-electron chi connectivity index (χ1n) is 8.23. The van der Waals surface area contributed by atoms with E-state index in [9.17, 15) is 9.90 Å². The van der Waals surface area contributed by atoms with Crippen molar-refractivity contribution < 1.29 is 9.90 Å². The first kappa shape index (κ1) is 17.8. The van der Waals surface area contributed by atoms with Crippen molar-refractivity contribution in [3.63, 3.8) is 0 Å². The van der Waals surface area contributed by atoms with Crippen LogP contribution < -0.4 is 10.6 Å². The molecule has 3 N–H and O–H groups in total. The van der Waals surface area contributed by atoms with Gasteiger partial charge in [0.1, 0.15) is 0 Å². The average molecular weight is 337 g/mol. The van der Waals surface area contributed by atoms with Gasteiger partial charge >= 0.3 is 0 Å². The van der Waals surface area contributed by atoms with E-state index in [-0.39, 0.29) is 11.8 Å². The molecule has 0 saturated heterocycles. The fourth-order valence-electron chi connectivity index (χ4n) is 2.63. The van der Waals surface area contributed by atoms with Crippen LogP contribution in [0.1, 0.15) is 42.5 Å². The molecule has 1 atom stereocenters. The van der Waals surface area contributed by atoms with Crippen molar-refractivity contribution in [1.82, 2.24) is 5.32 Å². The fraction of sp³-hybridized carbons (Fsp3) is 0.500. The number of benzene rings is 1. The number of aliphatic hydroxyl groups is 1. The zero-order valence-electron chi connectivity index (χ0n) is 13.4. The van der Waals surface area contributed by atoms with Crippen molar-refractivity contribution in [2.45, 2.75) is 38.2 Å². The highest BCUT2D eigenvalue weighted by Gasteiger charge is 2.08. The normalized spacial score (nSPS) is 15.7. The number of allylic oxidation sites excluding steroid dienone is 1. The standard InChI is InChI=1S/C18H25ClN2O2/c19-12-17(22)13-21-16-8-4-7-15(11-16)18(23)20-10-9-14-5-2-1-3-6-14/h4-5,7-8,11,17,21-22H,1-3,6,9-10,12-13H2,(H,20,23). The summed E-state index contributed by atoms with van der Waals surface area (Å²) < 4.78 is 0. The van der Waals surface area contributed by atoms with Gasteiger partial charge in [0.2, 0.25) is 0 Å². The number of anilines is 1. The molecule has 0 fully saturated rings. The van der Waals surface area contributed by atoms with Crippen LogP contribution in [0.3, 0.4) is 0 Å². The molecule has 5 heteroatoms. The number of carbonyl (C=O) groups excluding carboxylic acids is 1. The van der Waals surface area contributed by atoms with E-state index in [0.29, 0.717) is 18.7 Å². The van der Waals surface area contributed by atoms with Crippen molar-refractivity contribution in [2.75, 3.05) is 24.3 Å². The highest BCUT2D eigenvalue weighted by Crippen LogP contribution is 2.19. The molecule has 0 radical (unpaired) electrons. The Morgan fingerprint density at radius 2 is 2.22 bits per heavy atom. The monoisotopic (exact) mass is 336 g/mol. The summed E-state index contributed by atoms with van der Waals surface area (Å²) in [5.74, 6) is 0.117. The lowest BCUT2D eigenvalue weighted by Crippen LogP contribution is -2.25. The van der Waals surface area contributed by atoms with Gasteiger partial charge in [-0.2, -0.15) is 0 Å². The Labute approximate surface area is 142 Å². The van der Waals surface area contributed by atoms with Gasteiger partial charge in [-0.3, -0.25) is 4.79 Å². The Morgan fingerprint density at radius 3 is 2.96 bits per heavy atom. The summed E-state index contributed by atoms with van der Waals surface area (Å²) in [5, 5.41) is 15.5. The van der Waals surface area contributed by atoms with Gasteiger partial charge in [0.25, 0.3) is 5.91 Å². The second kappa shape index (κ2) is 9.58. The maximum Gasteiger partial charge on any atom is 0.251 e. The maximum atomic E-state index is 12.2. The number of hydrogen-bond donors (Lipinski definition) is 3. The Balaban J connectivity index is 1.80. The molecule has 1 unspecified atom stereocenters. The van der Waals surface area contributed by atoms with Crippen molar-refractivity contribution in [1.29, 1.82) is 0 Å². The van der Waals surface area contributed by atoms with Gasteiger partial charge in [-0.05, 0) is 50.3 Å². The Bertz CT molecular complexity index is 546. The third kappa shape index (κ3) is 6.24. The summed E-state index contributed by atoms with van der Waals surface area (Å²) in [5.41, 5.74) is 2.88. The van der Waals surface area contributed by atoms with Crippen LogP contribution in [0.4, 0.5) is 5.69 Å². The first-order valence-corrected chi connectivity index (χ1v) is 8.76. The Morgan fingerprint density at radius 1 is 1.35 bits per heavy atom. The zero-order valence-corrected chi connectivity index (χ0v) is 14.1. The van der Waals surface area contributed by atoms with Crippen LogP contribution in [0.5, 0.6) is 0 Å². The van der Waals surface area contributed by atoms with E-state index >= 15 is 0 Å². The molecule has 1 aromatic carbocycles. The Hall–Kier alpha value is -1.52. The van der Waals surface area contributed by atoms with E-state index in [0.717, 1.165) is 18.5 Å². The average Bonchev–Trinajstić information content (AvgIpc) is 2.60. The summed E-state index contributed by atoms with van der Waals surface area (Å²) in [6.07, 6.45) is 7.53. The van der Waals surface area contributed by atoms with E-state index in [1.807, 2.05) is 12.1 Å². The molecule has 0 aliphatic heterocycles. The van der Waals surface area contributed by atoms with Gasteiger partial charge in [-0.1, -0.05) is 17.7 Å². The van der Waals surface area contributed by atoms with Crippen molar-refractivity contribution in [3.8, 4) is 0 Å². The summed E-state index contributed by atoms with van der Waals surface area (Å²) in [4.78, 5) is 12.2. The molecule has 126 valence electrons. The predicted molar refractivity (Wildman–Crippen MR) is 95.2 cm³/mol. The molecule has 0 bridgehead atoms. The largest absolute Gasteiger partial charge is 0.390 e. The number of amides is 1. The molecule has 4 nitrogen and oxygen atoms in total. The summed E-state index contributed by atoms with van der Waals surface area (Å²) in [7, 11) is 0. The lowest BCUT2D eigenvalue weighted by atomic mass is 9.97. The summed E-state index contributed by atoms with van der Waals surface area (Å²) in [6, 6.07) is 7.27. The third-order valence-corrected chi connectivity index (χ3v) is 4.32. The lowest BCUT2D eigenvalue weighted by Gasteiger charge is -2.13. The number of halogens is 1. The molecular formula is C18H25ClN2O2. The van der Waals surface area contributed by atoms with Gasteiger partial charge in [0.05, 0.1) is 12.0 Å². The number of rotatable bonds is 8. The molecule has 1 amide bonds. The molecule has 23 heavy (non-hydrogen) atoms. The number of alkyl halides is 1. The van der Waals surface area contributed by atoms with Gasteiger partial charge in [0.15, 0.2) is 0 Å². The van der Waals surface area contributed by atoms with Crippen molar-refractivity contribution >= 4 is 23.2 Å². The summed E-state index contributed by atoms with van der Waals surface area (Å²) in [6.45, 7) is 1.04. The Kier molecular flexibility index (Phi) is 7.43. The maximum absolute atomic E-state index is 12.2. The van der Waals surface area contributed by atoms with Crippen molar-refractivity contribution in [3.05, 3.63) is 41.5 Å². The van der Waals surface area contributed by atoms with Crippen LogP contribution in [0.15, 0.2) is 35.9 Å². The van der Waals surface area contributed by atoms with Gasteiger partial charge in [0, 0.05) is 24.3 Å². The molecule has 0 saturated carbocycles. The second-order valence-electron chi connectivity index (χ2n) is 5.88. The first-order chi connectivity index (χ1) is 11.2. The molecular weight excluding hydrogens is 312 g/mol. The van der Waals surface area contributed by atoms with Crippen LogP contribution in [0, 0.1) is 0 Å². The molecule has 0 aromatic heterocycles. The quantitative estimate of drug-likeness (QED) is 0.504. The molecule has 0 heterocycles.